The highest BCUT2D eigenvalue weighted by atomic mass is 16.5. The van der Waals surface area contributed by atoms with E-state index in [2.05, 4.69) is 29.0 Å². The van der Waals surface area contributed by atoms with Crippen molar-refractivity contribution in [3.05, 3.63) is 22.5 Å². The van der Waals surface area contributed by atoms with Crippen LogP contribution in [0.2, 0.25) is 0 Å². The lowest BCUT2D eigenvalue weighted by atomic mass is 10.0. The van der Waals surface area contributed by atoms with Crippen LogP contribution < -0.4 is 5.32 Å². The highest BCUT2D eigenvalue weighted by Crippen LogP contribution is 2.20. The van der Waals surface area contributed by atoms with Crippen LogP contribution in [-0.4, -0.2) is 66.8 Å². The minimum Gasteiger partial charge on any atom is -0.459 e. The lowest BCUT2D eigenvalue weighted by molar-refractivity contribution is 0.00671. The first-order chi connectivity index (χ1) is 12.7. The Balaban J connectivity index is 2.07. The number of rotatable bonds is 7. The molecule has 0 saturated carbocycles. The second-order valence-corrected chi connectivity index (χ2v) is 7.75. The first-order valence-corrected chi connectivity index (χ1v) is 9.72. The Hall–Kier alpha value is -1.86. The van der Waals surface area contributed by atoms with Crippen molar-refractivity contribution in [1.29, 1.82) is 0 Å². The Bertz CT molecular complexity index is 660. The monoisotopic (exact) mass is 379 g/mol. The van der Waals surface area contributed by atoms with E-state index >= 15 is 0 Å². The Morgan fingerprint density at radius 1 is 1.19 bits per heavy atom. The zero-order valence-electron chi connectivity index (χ0n) is 17.3. The summed E-state index contributed by atoms with van der Waals surface area (Å²) in [5.74, 6) is -0.187. The first-order valence-electron chi connectivity index (χ1n) is 9.72. The summed E-state index contributed by atoms with van der Waals surface area (Å²) in [6, 6.07) is 0.250. The van der Waals surface area contributed by atoms with Crippen LogP contribution in [0, 0.1) is 19.8 Å². The molecule has 2 rings (SSSR count). The number of carbonyl (C=O) groups excluding carboxylic acids is 2. The van der Waals surface area contributed by atoms with Crippen LogP contribution in [0.4, 0.5) is 0 Å². The first kappa shape index (κ1) is 21.4. The van der Waals surface area contributed by atoms with Gasteiger partial charge in [-0.25, -0.2) is 4.79 Å². The molecule has 1 atom stereocenters. The minimum atomic E-state index is -0.399. The van der Waals surface area contributed by atoms with Gasteiger partial charge in [0.25, 0.3) is 5.91 Å². The lowest BCUT2D eigenvalue weighted by Crippen LogP contribution is -2.51. The number of ether oxygens (including phenoxy) is 2. The zero-order valence-corrected chi connectivity index (χ0v) is 17.3. The van der Waals surface area contributed by atoms with E-state index in [1.54, 1.807) is 27.7 Å². The van der Waals surface area contributed by atoms with Crippen molar-refractivity contribution in [2.45, 2.75) is 53.7 Å². The SMILES string of the molecule is Cc1[nH]c(C(=O)NCC(C(C)C)N2CCOCC2)c(C)c1C(=O)OC(C)C. The predicted octanol–water partition coefficient (Wildman–Crippen LogP) is 2.28. The van der Waals surface area contributed by atoms with Gasteiger partial charge in [0.2, 0.25) is 0 Å². The average Bonchev–Trinajstić information content (AvgIpc) is 2.89. The summed E-state index contributed by atoms with van der Waals surface area (Å²) < 4.78 is 10.7. The van der Waals surface area contributed by atoms with E-state index in [9.17, 15) is 9.59 Å². The van der Waals surface area contributed by atoms with Crippen LogP contribution >= 0.6 is 0 Å². The van der Waals surface area contributed by atoms with Gasteiger partial charge in [0.05, 0.1) is 24.9 Å². The lowest BCUT2D eigenvalue weighted by Gasteiger charge is -2.36. The van der Waals surface area contributed by atoms with Gasteiger partial charge >= 0.3 is 5.97 Å². The number of hydrogen-bond acceptors (Lipinski definition) is 5. The maximum atomic E-state index is 12.7. The van der Waals surface area contributed by atoms with Gasteiger partial charge in [-0.1, -0.05) is 13.8 Å². The van der Waals surface area contributed by atoms with Crippen LogP contribution in [-0.2, 0) is 9.47 Å². The summed E-state index contributed by atoms with van der Waals surface area (Å²) in [6.45, 7) is 15.3. The van der Waals surface area contributed by atoms with E-state index in [0.29, 0.717) is 35.0 Å². The molecular formula is C20H33N3O4. The molecule has 1 aromatic rings. The standard InChI is InChI=1S/C20H33N3O4/c1-12(2)16(23-7-9-26-10-8-23)11-21-19(24)18-14(5)17(15(6)22-18)20(25)27-13(3)4/h12-13,16,22H,7-11H2,1-6H3,(H,21,24). The Labute approximate surface area is 161 Å². The smallest absolute Gasteiger partial charge is 0.340 e. The Morgan fingerprint density at radius 2 is 1.81 bits per heavy atom. The second-order valence-electron chi connectivity index (χ2n) is 7.75. The number of aromatic nitrogens is 1. The summed E-state index contributed by atoms with van der Waals surface area (Å²) in [6.07, 6.45) is -0.205. The van der Waals surface area contributed by atoms with Crippen LogP contribution in [0.1, 0.15) is 59.8 Å². The van der Waals surface area contributed by atoms with Crippen LogP contribution in [0.15, 0.2) is 0 Å². The van der Waals surface area contributed by atoms with Crippen LogP contribution in [0.25, 0.3) is 0 Å². The molecule has 1 aliphatic heterocycles. The van der Waals surface area contributed by atoms with Crippen molar-refractivity contribution >= 4 is 11.9 Å². The molecule has 0 bridgehead atoms. The van der Waals surface area contributed by atoms with Crippen molar-refractivity contribution < 1.29 is 19.1 Å². The average molecular weight is 380 g/mol. The predicted molar refractivity (Wildman–Crippen MR) is 104 cm³/mol. The number of esters is 1. The van der Waals surface area contributed by atoms with E-state index in [1.807, 2.05) is 0 Å². The van der Waals surface area contributed by atoms with Gasteiger partial charge in [0, 0.05) is 31.4 Å². The minimum absolute atomic E-state index is 0.196. The molecule has 1 amide bonds. The van der Waals surface area contributed by atoms with E-state index in [4.69, 9.17) is 9.47 Å². The molecule has 1 aliphatic rings. The van der Waals surface area contributed by atoms with E-state index in [0.717, 1.165) is 26.3 Å². The Morgan fingerprint density at radius 3 is 2.37 bits per heavy atom. The fourth-order valence-corrected chi connectivity index (χ4v) is 3.54. The van der Waals surface area contributed by atoms with Gasteiger partial charge in [-0.2, -0.15) is 0 Å². The van der Waals surface area contributed by atoms with E-state index in [-0.39, 0.29) is 18.1 Å². The molecule has 0 aliphatic carbocycles. The fourth-order valence-electron chi connectivity index (χ4n) is 3.54. The normalized spacial score (nSPS) is 16.6. The number of nitrogens with one attached hydrogen (secondary N) is 2. The molecule has 2 N–H and O–H groups in total. The second kappa shape index (κ2) is 9.37. The zero-order chi connectivity index (χ0) is 20.1. The van der Waals surface area contributed by atoms with Crippen molar-refractivity contribution in [2.75, 3.05) is 32.8 Å². The summed E-state index contributed by atoms with van der Waals surface area (Å²) in [4.78, 5) is 30.5. The number of nitrogens with zero attached hydrogens (tertiary/aromatic N) is 1. The highest BCUT2D eigenvalue weighted by Gasteiger charge is 2.27. The summed E-state index contributed by atoms with van der Waals surface area (Å²) >= 11 is 0. The van der Waals surface area contributed by atoms with Crippen LogP contribution in [0.3, 0.4) is 0 Å². The van der Waals surface area contributed by atoms with Gasteiger partial charge in [0.15, 0.2) is 0 Å². The molecule has 0 spiro atoms. The molecular weight excluding hydrogens is 346 g/mol. The number of morpholine rings is 1. The molecule has 0 aromatic carbocycles. The topological polar surface area (TPSA) is 83.7 Å². The van der Waals surface area contributed by atoms with Crippen molar-refractivity contribution in [2.24, 2.45) is 5.92 Å². The number of aryl methyl sites for hydroxylation is 1. The molecule has 152 valence electrons. The molecule has 1 aromatic heterocycles. The number of amides is 1. The molecule has 7 nitrogen and oxygen atoms in total. The maximum Gasteiger partial charge on any atom is 0.340 e. The number of hydrogen-bond donors (Lipinski definition) is 2. The van der Waals surface area contributed by atoms with Gasteiger partial charge in [-0.15, -0.1) is 0 Å². The quantitative estimate of drug-likeness (QED) is 0.710. The Kier molecular flexibility index (Phi) is 7.44. The molecule has 27 heavy (non-hydrogen) atoms. The number of H-pyrrole nitrogens is 1. The third kappa shape index (κ3) is 5.32. The van der Waals surface area contributed by atoms with Crippen molar-refractivity contribution in [3.63, 3.8) is 0 Å². The highest BCUT2D eigenvalue weighted by molar-refractivity contribution is 6.00. The summed E-state index contributed by atoms with van der Waals surface area (Å²) in [5.41, 5.74) is 2.15. The van der Waals surface area contributed by atoms with Gasteiger partial charge < -0.3 is 19.8 Å². The summed E-state index contributed by atoms with van der Waals surface area (Å²) in [5, 5.41) is 3.03. The van der Waals surface area contributed by atoms with Crippen molar-refractivity contribution in [3.8, 4) is 0 Å². The largest absolute Gasteiger partial charge is 0.459 e. The fraction of sp³-hybridized carbons (Fsp3) is 0.700. The van der Waals surface area contributed by atoms with E-state index in [1.165, 1.54) is 0 Å². The number of carbonyl (C=O) groups is 2. The molecule has 2 heterocycles. The molecule has 1 unspecified atom stereocenters. The van der Waals surface area contributed by atoms with Crippen molar-refractivity contribution in [1.82, 2.24) is 15.2 Å². The molecule has 1 fully saturated rings. The third-order valence-corrected chi connectivity index (χ3v) is 4.97. The molecule has 7 heteroatoms. The van der Waals surface area contributed by atoms with E-state index < -0.39 is 5.97 Å². The van der Waals surface area contributed by atoms with Crippen LogP contribution in [0.5, 0.6) is 0 Å². The number of aromatic amines is 1. The van der Waals surface area contributed by atoms with Gasteiger partial charge in [0.1, 0.15) is 5.69 Å². The van der Waals surface area contributed by atoms with Gasteiger partial charge in [-0.05, 0) is 39.2 Å². The molecule has 1 saturated heterocycles. The maximum absolute atomic E-state index is 12.7. The van der Waals surface area contributed by atoms with Gasteiger partial charge in [-0.3, -0.25) is 9.69 Å². The molecule has 0 radical (unpaired) electrons. The summed E-state index contributed by atoms with van der Waals surface area (Å²) in [7, 11) is 0. The third-order valence-electron chi connectivity index (χ3n) is 4.97.